The van der Waals surface area contributed by atoms with Crippen LogP contribution in [0.2, 0.25) is 0 Å². The molecule has 0 unspecified atom stereocenters. The fourth-order valence-electron chi connectivity index (χ4n) is 0.328. The van der Waals surface area contributed by atoms with Gasteiger partial charge in [-0.2, -0.15) is 0 Å². The van der Waals surface area contributed by atoms with Gasteiger partial charge in [0.2, 0.25) is 0 Å². The summed E-state index contributed by atoms with van der Waals surface area (Å²) >= 11 is 0. The lowest BCUT2D eigenvalue weighted by molar-refractivity contribution is 1.15. The molecule has 0 N–H and O–H groups in total. The molecule has 0 aromatic carbocycles. The Bertz CT molecular complexity index is 103. The van der Waals surface area contributed by atoms with Crippen molar-refractivity contribution in [3.8, 4) is 0 Å². The van der Waals surface area contributed by atoms with E-state index in [1.807, 2.05) is 20.8 Å². The SMILES string of the molecule is C=C(C)C[C]=C(C)C. The van der Waals surface area contributed by atoms with Crippen molar-refractivity contribution >= 4 is 0 Å². The van der Waals surface area contributed by atoms with Gasteiger partial charge in [-0.15, -0.1) is 0 Å². The average molecular weight is 109 g/mol. The number of hydrogen-bond donors (Lipinski definition) is 0. The third kappa shape index (κ3) is 5.48. The average Bonchev–Trinajstić information content (AvgIpc) is 1.61. The van der Waals surface area contributed by atoms with Crippen molar-refractivity contribution in [2.45, 2.75) is 27.2 Å². The normalized spacial score (nSPS) is 8.38. The molecule has 0 aromatic rings. The van der Waals surface area contributed by atoms with E-state index in [4.69, 9.17) is 0 Å². The van der Waals surface area contributed by atoms with E-state index in [0.717, 1.165) is 6.42 Å². The van der Waals surface area contributed by atoms with E-state index in [-0.39, 0.29) is 0 Å². The smallest absolute Gasteiger partial charge is 0.00704 e. The van der Waals surface area contributed by atoms with Gasteiger partial charge >= 0.3 is 0 Å². The van der Waals surface area contributed by atoms with E-state index in [0.29, 0.717) is 0 Å². The molecule has 0 heteroatoms. The minimum absolute atomic E-state index is 0.905. The van der Waals surface area contributed by atoms with Crippen LogP contribution in [0.1, 0.15) is 27.2 Å². The predicted octanol–water partition coefficient (Wildman–Crippen LogP) is 2.72. The lowest BCUT2D eigenvalue weighted by Gasteiger charge is -1.88. The van der Waals surface area contributed by atoms with Crippen molar-refractivity contribution in [3.05, 3.63) is 23.8 Å². The molecule has 0 saturated carbocycles. The Morgan fingerprint density at radius 3 is 2.00 bits per heavy atom. The number of allylic oxidation sites excluding steroid dienone is 3. The maximum absolute atomic E-state index is 3.75. The molecule has 0 atom stereocenters. The van der Waals surface area contributed by atoms with Gasteiger partial charge in [0.25, 0.3) is 0 Å². The molecule has 45 valence electrons. The highest BCUT2D eigenvalue weighted by molar-refractivity contribution is 4.97. The molecule has 0 aliphatic rings. The molecule has 0 nitrogen and oxygen atoms in total. The second kappa shape index (κ2) is 3.48. The summed E-state index contributed by atoms with van der Waals surface area (Å²) in [7, 11) is 0. The van der Waals surface area contributed by atoms with Crippen LogP contribution < -0.4 is 0 Å². The van der Waals surface area contributed by atoms with Crippen LogP contribution in [-0.2, 0) is 0 Å². The van der Waals surface area contributed by atoms with Crippen LogP contribution in [0.15, 0.2) is 17.7 Å². The first kappa shape index (κ1) is 7.48. The van der Waals surface area contributed by atoms with Crippen molar-refractivity contribution < 1.29 is 0 Å². The van der Waals surface area contributed by atoms with Crippen molar-refractivity contribution in [3.63, 3.8) is 0 Å². The topological polar surface area (TPSA) is 0 Å². The Labute approximate surface area is 51.9 Å². The molecular formula is C8H13. The fraction of sp³-hybridized carbons (Fsp3) is 0.500. The first-order chi connectivity index (χ1) is 3.63. The van der Waals surface area contributed by atoms with Gasteiger partial charge in [-0.3, -0.25) is 0 Å². The van der Waals surface area contributed by atoms with Crippen LogP contribution in [0.4, 0.5) is 0 Å². The Morgan fingerprint density at radius 2 is 1.88 bits per heavy atom. The van der Waals surface area contributed by atoms with E-state index in [2.05, 4.69) is 12.7 Å². The number of rotatable bonds is 2. The molecule has 1 radical (unpaired) electrons. The standard InChI is InChI=1S/C8H13/c1-7(2)5-6-8(3)4/h1,5H2,2-4H3. The quantitative estimate of drug-likeness (QED) is 0.478. The zero-order valence-electron chi connectivity index (χ0n) is 5.91. The second-order valence-corrected chi connectivity index (χ2v) is 2.31. The first-order valence-electron chi connectivity index (χ1n) is 2.81. The van der Waals surface area contributed by atoms with Gasteiger partial charge in [0.05, 0.1) is 0 Å². The van der Waals surface area contributed by atoms with Crippen molar-refractivity contribution in [2.75, 3.05) is 0 Å². The van der Waals surface area contributed by atoms with Crippen LogP contribution >= 0.6 is 0 Å². The first-order valence-corrected chi connectivity index (χ1v) is 2.81. The molecule has 0 aliphatic heterocycles. The summed E-state index contributed by atoms with van der Waals surface area (Å²) in [5, 5.41) is 0. The van der Waals surface area contributed by atoms with E-state index in [1.54, 1.807) is 0 Å². The second-order valence-electron chi connectivity index (χ2n) is 2.31. The van der Waals surface area contributed by atoms with Crippen LogP contribution in [0.25, 0.3) is 0 Å². The predicted molar refractivity (Wildman–Crippen MR) is 37.5 cm³/mol. The van der Waals surface area contributed by atoms with Gasteiger partial charge < -0.3 is 0 Å². The summed E-state index contributed by atoms with van der Waals surface area (Å²) < 4.78 is 0. The molecule has 0 aliphatic carbocycles. The van der Waals surface area contributed by atoms with Gasteiger partial charge in [-0.1, -0.05) is 17.7 Å². The van der Waals surface area contributed by atoms with E-state index in [1.165, 1.54) is 11.1 Å². The Morgan fingerprint density at radius 1 is 1.38 bits per heavy atom. The van der Waals surface area contributed by atoms with E-state index in [9.17, 15) is 0 Å². The highest BCUT2D eigenvalue weighted by atomic mass is 13.9. The highest BCUT2D eigenvalue weighted by Gasteiger charge is 1.79. The minimum atomic E-state index is 0.905. The van der Waals surface area contributed by atoms with Crippen molar-refractivity contribution in [1.29, 1.82) is 0 Å². The monoisotopic (exact) mass is 109 g/mol. The van der Waals surface area contributed by atoms with Crippen LogP contribution in [-0.4, -0.2) is 0 Å². The van der Waals surface area contributed by atoms with E-state index >= 15 is 0 Å². The third-order valence-electron chi connectivity index (χ3n) is 0.744. The Kier molecular flexibility index (Phi) is 3.25. The molecule has 0 rings (SSSR count). The number of hydrogen-bond acceptors (Lipinski definition) is 0. The molecule has 0 aromatic heterocycles. The summed E-state index contributed by atoms with van der Waals surface area (Å²) in [4.78, 5) is 0. The van der Waals surface area contributed by atoms with Gasteiger partial charge in [0, 0.05) is 0 Å². The molecule has 0 fully saturated rings. The van der Waals surface area contributed by atoms with Gasteiger partial charge in [0.1, 0.15) is 0 Å². The minimum Gasteiger partial charge on any atom is -0.0998 e. The lowest BCUT2D eigenvalue weighted by Crippen LogP contribution is -1.70. The molecule has 8 heavy (non-hydrogen) atoms. The molecule has 0 spiro atoms. The maximum atomic E-state index is 3.75. The zero-order chi connectivity index (χ0) is 6.57. The Hall–Kier alpha value is -0.520. The molecule has 0 heterocycles. The van der Waals surface area contributed by atoms with Crippen LogP contribution in [0.3, 0.4) is 0 Å². The molecule has 0 amide bonds. The summed E-state index contributed by atoms with van der Waals surface area (Å²) in [6, 6.07) is 0. The lowest BCUT2D eigenvalue weighted by atomic mass is 10.2. The highest BCUT2D eigenvalue weighted by Crippen LogP contribution is 1.98. The summed E-state index contributed by atoms with van der Waals surface area (Å²) in [6.45, 7) is 9.85. The molecule has 0 bridgehead atoms. The van der Waals surface area contributed by atoms with Gasteiger partial charge in [-0.25, -0.2) is 0 Å². The fourth-order valence-corrected chi connectivity index (χ4v) is 0.328. The van der Waals surface area contributed by atoms with Crippen LogP contribution in [0, 0.1) is 6.08 Å². The summed E-state index contributed by atoms with van der Waals surface area (Å²) in [5.74, 6) is 0. The Balaban J connectivity index is 3.45. The summed E-state index contributed by atoms with van der Waals surface area (Å²) in [6.07, 6.45) is 4.07. The molecular weight excluding hydrogens is 96.1 g/mol. The van der Waals surface area contributed by atoms with E-state index < -0.39 is 0 Å². The summed E-state index contributed by atoms with van der Waals surface area (Å²) in [5.41, 5.74) is 2.42. The van der Waals surface area contributed by atoms with Gasteiger partial charge in [0.15, 0.2) is 0 Å². The van der Waals surface area contributed by atoms with Gasteiger partial charge in [-0.05, 0) is 33.3 Å². The largest absolute Gasteiger partial charge is 0.0998 e. The zero-order valence-corrected chi connectivity index (χ0v) is 5.91. The third-order valence-corrected chi connectivity index (χ3v) is 0.744. The maximum Gasteiger partial charge on any atom is -0.00704 e. The molecule has 0 saturated heterocycles. The van der Waals surface area contributed by atoms with Crippen molar-refractivity contribution in [2.24, 2.45) is 0 Å². The van der Waals surface area contributed by atoms with Crippen LogP contribution in [0.5, 0.6) is 0 Å². The van der Waals surface area contributed by atoms with Crippen molar-refractivity contribution in [1.82, 2.24) is 0 Å².